The maximum Gasteiger partial charge on any atom is 0.242 e. The van der Waals surface area contributed by atoms with Crippen LogP contribution in [-0.4, -0.2) is 43.5 Å². The molecule has 0 saturated heterocycles. The largest absolute Gasteiger partial charge is 0.325 e. The van der Waals surface area contributed by atoms with E-state index in [1.807, 2.05) is 13.0 Å². The van der Waals surface area contributed by atoms with Gasteiger partial charge in [0.05, 0.1) is 16.2 Å². The molecule has 0 spiro atoms. The van der Waals surface area contributed by atoms with E-state index >= 15 is 0 Å². The number of sulfonamides is 1. The quantitative estimate of drug-likeness (QED) is 0.557. The van der Waals surface area contributed by atoms with Gasteiger partial charge >= 0.3 is 0 Å². The van der Waals surface area contributed by atoms with Crippen LogP contribution in [0.2, 0.25) is 0 Å². The summed E-state index contributed by atoms with van der Waals surface area (Å²) in [5.41, 5.74) is 3.77. The molecule has 0 fully saturated rings. The molecule has 1 aromatic heterocycles. The van der Waals surface area contributed by atoms with Gasteiger partial charge in [-0.25, -0.2) is 17.7 Å². The number of nitrogens with zero attached hydrogens (tertiary/aromatic N) is 2. The molecule has 1 heterocycles. The zero-order valence-electron chi connectivity index (χ0n) is 17.5. The molecular formula is C22H25N3O3S2. The number of hydrogen-bond acceptors (Lipinski definition) is 5. The molecule has 6 nitrogen and oxygen atoms in total. The highest BCUT2D eigenvalue weighted by atomic mass is 32.2. The van der Waals surface area contributed by atoms with Gasteiger partial charge in [-0.05, 0) is 66.9 Å². The highest BCUT2D eigenvalue weighted by Crippen LogP contribution is 2.25. The van der Waals surface area contributed by atoms with E-state index in [0.717, 1.165) is 32.2 Å². The highest BCUT2D eigenvalue weighted by molar-refractivity contribution is 8.00. The van der Waals surface area contributed by atoms with Crippen LogP contribution in [0.25, 0.3) is 10.9 Å². The molecule has 0 aliphatic rings. The van der Waals surface area contributed by atoms with Crippen LogP contribution in [0.4, 0.5) is 5.69 Å². The number of anilines is 1. The molecule has 158 valence electrons. The number of hydrogen-bond donors (Lipinski definition) is 1. The van der Waals surface area contributed by atoms with E-state index in [9.17, 15) is 13.2 Å². The van der Waals surface area contributed by atoms with Crippen LogP contribution in [0, 0.1) is 6.92 Å². The van der Waals surface area contributed by atoms with Crippen molar-refractivity contribution in [3.8, 4) is 0 Å². The van der Waals surface area contributed by atoms with Crippen LogP contribution in [0.3, 0.4) is 0 Å². The lowest BCUT2D eigenvalue weighted by Gasteiger charge is -2.12. The first-order valence-electron chi connectivity index (χ1n) is 9.56. The Kier molecular flexibility index (Phi) is 6.80. The molecular weight excluding hydrogens is 418 g/mol. The maximum absolute atomic E-state index is 12.3. The van der Waals surface area contributed by atoms with Crippen LogP contribution < -0.4 is 5.32 Å². The minimum Gasteiger partial charge on any atom is -0.325 e. The Balaban J connectivity index is 1.65. The van der Waals surface area contributed by atoms with Gasteiger partial charge in [0.15, 0.2) is 0 Å². The average Bonchev–Trinajstić information content (AvgIpc) is 2.72. The summed E-state index contributed by atoms with van der Waals surface area (Å²) in [6.45, 7) is 4.12. The lowest BCUT2D eigenvalue weighted by Crippen LogP contribution is -2.22. The summed E-state index contributed by atoms with van der Waals surface area (Å²) >= 11 is 1.38. The van der Waals surface area contributed by atoms with Gasteiger partial charge in [0.1, 0.15) is 5.03 Å². The molecule has 8 heteroatoms. The van der Waals surface area contributed by atoms with Crippen molar-refractivity contribution in [1.29, 1.82) is 0 Å². The summed E-state index contributed by atoms with van der Waals surface area (Å²) in [6, 6.07) is 14.5. The van der Waals surface area contributed by atoms with Crippen molar-refractivity contribution < 1.29 is 13.2 Å². The number of rotatable bonds is 7. The van der Waals surface area contributed by atoms with Crippen molar-refractivity contribution in [2.75, 3.05) is 25.2 Å². The predicted octanol–water partition coefficient (Wildman–Crippen LogP) is 4.09. The fourth-order valence-electron chi connectivity index (χ4n) is 2.93. The lowest BCUT2D eigenvalue weighted by atomic mass is 10.1. The molecule has 0 aliphatic heterocycles. The Morgan fingerprint density at radius 2 is 1.80 bits per heavy atom. The van der Waals surface area contributed by atoms with Gasteiger partial charge in [0, 0.05) is 25.2 Å². The summed E-state index contributed by atoms with van der Waals surface area (Å²) in [6.07, 6.45) is 0.980. The zero-order chi connectivity index (χ0) is 21.9. The van der Waals surface area contributed by atoms with E-state index in [2.05, 4.69) is 30.4 Å². The van der Waals surface area contributed by atoms with Gasteiger partial charge in [-0.1, -0.05) is 24.8 Å². The van der Waals surface area contributed by atoms with Gasteiger partial charge in [-0.3, -0.25) is 4.79 Å². The zero-order valence-corrected chi connectivity index (χ0v) is 19.1. The Morgan fingerprint density at radius 1 is 1.10 bits per heavy atom. The molecule has 0 atom stereocenters. The first-order valence-corrected chi connectivity index (χ1v) is 12.0. The maximum atomic E-state index is 12.3. The van der Waals surface area contributed by atoms with Gasteiger partial charge in [0.2, 0.25) is 15.9 Å². The average molecular weight is 444 g/mol. The molecule has 0 radical (unpaired) electrons. The first-order chi connectivity index (χ1) is 14.2. The van der Waals surface area contributed by atoms with Gasteiger partial charge in [-0.15, -0.1) is 0 Å². The molecule has 2 aromatic carbocycles. The second kappa shape index (κ2) is 9.16. The molecule has 0 bridgehead atoms. The molecule has 30 heavy (non-hydrogen) atoms. The van der Waals surface area contributed by atoms with Crippen LogP contribution in [0.1, 0.15) is 18.1 Å². The van der Waals surface area contributed by atoms with Crippen LogP contribution in [-0.2, 0) is 21.2 Å². The van der Waals surface area contributed by atoms with Crippen LogP contribution in [0.5, 0.6) is 0 Å². The van der Waals surface area contributed by atoms with Crippen LogP contribution >= 0.6 is 11.8 Å². The number of aromatic nitrogens is 1. The number of pyridine rings is 1. The fourth-order valence-corrected chi connectivity index (χ4v) is 4.62. The Hall–Kier alpha value is -2.42. The van der Waals surface area contributed by atoms with Crippen molar-refractivity contribution >= 4 is 44.3 Å². The van der Waals surface area contributed by atoms with E-state index < -0.39 is 10.0 Å². The molecule has 0 aliphatic carbocycles. The lowest BCUT2D eigenvalue weighted by molar-refractivity contribution is -0.113. The number of carbonyl (C=O) groups excluding carboxylic acids is 1. The minimum atomic E-state index is -3.49. The fraction of sp³-hybridized carbons (Fsp3) is 0.273. The Bertz CT molecular complexity index is 1170. The monoisotopic (exact) mass is 443 g/mol. The molecule has 1 N–H and O–H groups in total. The molecule has 1 amide bonds. The second-order valence-electron chi connectivity index (χ2n) is 7.14. The van der Waals surface area contributed by atoms with Crippen molar-refractivity contribution in [2.24, 2.45) is 0 Å². The number of aryl methyl sites for hydroxylation is 2. The Labute approximate surface area is 181 Å². The first kappa shape index (κ1) is 22.3. The number of fused-ring (bicyclic) bond motifs is 1. The molecule has 0 saturated carbocycles. The van der Waals surface area contributed by atoms with E-state index in [1.54, 1.807) is 12.1 Å². The normalized spacial score (nSPS) is 11.8. The van der Waals surface area contributed by atoms with Crippen LogP contribution in [0.15, 0.2) is 58.5 Å². The summed E-state index contributed by atoms with van der Waals surface area (Å²) in [7, 11) is -0.528. The summed E-state index contributed by atoms with van der Waals surface area (Å²) < 4.78 is 25.4. The van der Waals surface area contributed by atoms with Gasteiger partial charge in [0.25, 0.3) is 0 Å². The van der Waals surface area contributed by atoms with E-state index in [0.29, 0.717) is 5.69 Å². The third kappa shape index (κ3) is 5.00. The highest BCUT2D eigenvalue weighted by Gasteiger charge is 2.17. The number of carbonyl (C=O) groups is 1. The number of benzene rings is 2. The third-order valence-corrected chi connectivity index (χ3v) is 7.61. The van der Waals surface area contributed by atoms with Crippen molar-refractivity contribution in [3.05, 3.63) is 59.7 Å². The standard InChI is InChI=1S/C22H25N3O3S2/c1-5-16-6-11-20-17(13-16)12-15(2)22(24-20)29-14-21(26)23-18-7-9-19(10-8-18)30(27,28)25(3)4/h6-13H,5,14H2,1-4H3,(H,23,26). The number of amides is 1. The summed E-state index contributed by atoms with van der Waals surface area (Å²) in [5, 5.41) is 4.73. The van der Waals surface area contributed by atoms with Gasteiger partial charge < -0.3 is 5.32 Å². The SMILES string of the molecule is CCc1ccc2nc(SCC(=O)Nc3ccc(S(=O)(=O)N(C)C)cc3)c(C)cc2c1. The topological polar surface area (TPSA) is 79.4 Å². The number of nitrogens with one attached hydrogen (secondary N) is 1. The molecule has 3 rings (SSSR count). The third-order valence-electron chi connectivity index (χ3n) is 4.69. The predicted molar refractivity (Wildman–Crippen MR) is 123 cm³/mol. The minimum absolute atomic E-state index is 0.175. The van der Waals surface area contributed by atoms with Crippen molar-refractivity contribution in [3.63, 3.8) is 0 Å². The van der Waals surface area contributed by atoms with E-state index in [-0.39, 0.29) is 16.6 Å². The van der Waals surface area contributed by atoms with E-state index in [1.165, 1.54) is 43.6 Å². The van der Waals surface area contributed by atoms with Gasteiger partial charge in [-0.2, -0.15) is 0 Å². The van der Waals surface area contributed by atoms with E-state index in [4.69, 9.17) is 4.98 Å². The number of thioether (sulfide) groups is 1. The summed E-state index contributed by atoms with van der Waals surface area (Å²) in [5.74, 6) is 0.0373. The van der Waals surface area contributed by atoms with Crippen molar-refractivity contribution in [2.45, 2.75) is 30.2 Å². The molecule has 0 unspecified atom stereocenters. The molecule has 3 aromatic rings. The second-order valence-corrected chi connectivity index (χ2v) is 10.3. The summed E-state index contributed by atoms with van der Waals surface area (Å²) in [4.78, 5) is 17.2. The van der Waals surface area contributed by atoms with Crippen molar-refractivity contribution in [1.82, 2.24) is 9.29 Å². The Morgan fingerprint density at radius 3 is 2.43 bits per heavy atom. The smallest absolute Gasteiger partial charge is 0.242 e.